The van der Waals surface area contributed by atoms with Crippen LogP contribution in [0.1, 0.15) is 68.5 Å². The summed E-state index contributed by atoms with van der Waals surface area (Å²) in [6.45, 7) is 13.4. The van der Waals surface area contributed by atoms with Gasteiger partial charge in [0.2, 0.25) is 0 Å². The van der Waals surface area contributed by atoms with Crippen molar-refractivity contribution >= 4 is 17.4 Å². The van der Waals surface area contributed by atoms with Crippen molar-refractivity contribution in [2.45, 2.75) is 59.5 Å². The molecule has 204 valence electrons. The van der Waals surface area contributed by atoms with E-state index in [0.717, 1.165) is 28.0 Å². The first-order valence-electron chi connectivity index (χ1n) is 13.4. The Kier molecular flexibility index (Phi) is 8.14. The number of ether oxygens (including phenoxy) is 2. The molecule has 0 saturated carbocycles. The smallest absolute Gasteiger partial charge is 0.295 e. The molecule has 0 spiro atoms. The van der Waals surface area contributed by atoms with Gasteiger partial charge in [0, 0.05) is 12.1 Å². The summed E-state index contributed by atoms with van der Waals surface area (Å²) in [5.41, 5.74) is 4.07. The molecule has 1 aliphatic heterocycles. The van der Waals surface area contributed by atoms with Crippen molar-refractivity contribution in [1.82, 2.24) is 4.90 Å². The Bertz CT molecular complexity index is 1380. The third-order valence-corrected chi connectivity index (χ3v) is 6.97. The highest BCUT2D eigenvalue weighted by Gasteiger charge is 2.46. The second kappa shape index (κ2) is 11.4. The van der Waals surface area contributed by atoms with Gasteiger partial charge in [0.15, 0.2) is 0 Å². The second-order valence-electron chi connectivity index (χ2n) is 10.8. The summed E-state index contributed by atoms with van der Waals surface area (Å²) in [6, 6.07) is 19.9. The van der Waals surface area contributed by atoms with Gasteiger partial charge in [0.1, 0.15) is 17.3 Å². The summed E-state index contributed by atoms with van der Waals surface area (Å²) in [5.74, 6) is -0.0886. The van der Waals surface area contributed by atoms with Crippen LogP contribution >= 0.6 is 0 Å². The molecule has 0 bridgehead atoms. The lowest BCUT2D eigenvalue weighted by molar-refractivity contribution is -0.140. The average Bonchev–Trinajstić information content (AvgIpc) is 3.15. The first-order valence-corrected chi connectivity index (χ1v) is 13.4. The van der Waals surface area contributed by atoms with Gasteiger partial charge in [-0.15, -0.1) is 0 Å². The number of aliphatic hydroxyl groups is 1. The maximum atomic E-state index is 13.5. The largest absolute Gasteiger partial charge is 0.507 e. The zero-order chi connectivity index (χ0) is 28.3. The molecule has 4 rings (SSSR count). The topological polar surface area (TPSA) is 76.1 Å². The maximum Gasteiger partial charge on any atom is 0.295 e. The Morgan fingerprint density at radius 1 is 0.897 bits per heavy atom. The molecule has 1 aliphatic rings. The van der Waals surface area contributed by atoms with E-state index in [1.165, 1.54) is 4.90 Å². The maximum absolute atomic E-state index is 13.5. The number of aliphatic hydroxyl groups excluding tert-OH is 1. The molecule has 3 aromatic rings. The predicted octanol–water partition coefficient (Wildman–Crippen LogP) is 6.71. The lowest BCUT2D eigenvalue weighted by Crippen LogP contribution is -2.29. The number of hydrogen-bond acceptors (Lipinski definition) is 5. The fraction of sp³-hybridized carbons (Fsp3) is 0.333. The SMILES string of the molecule is CCOc1ccc(CN2C(=O)C(=O)/C(=C(\O)c3ccc(OCC)c(C)c3)C2c2ccc(C(C)(C)C)cc2)cc1. The average molecular weight is 528 g/mol. The number of nitrogens with zero attached hydrogens (tertiary/aromatic N) is 1. The van der Waals surface area contributed by atoms with Gasteiger partial charge in [0.05, 0.1) is 24.8 Å². The quantitative estimate of drug-likeness (QED) is 0.200. The first kappa shape index (κ1) is 28.0. The zero-order valence-corrected chi connectivity index (χ0v) is 23.6. The van der Waals surface area contributed by atoms with Crippen molar-refractivity contribution < 1.29 is 24.2 Å². The summed E-state index contributed by atoms with van der Waals surface area (Å²) in [6.07, 6.45) is 0. The molecule has 1 heterocycles. The highest BCUT2D eigenvalue weighted by atomic mass is 16.5. The van der Waals surface area contributed by atoms with Crippen molar-refractivity contribution in [2.24, 2.45) is 0 Å². The molecule has 1 saturated heterocycles. The van der Waals surface area contributed by atoms with Gasteiger partial charge in [-0.05, 0) is 78.8 Å². The van der Waals surface area contributed by atoms with Crippen LogP contribution in [0.2, 0.25) is 0 Å². The van der Waals surface area contributed by atoms with E-state index in [1.807, 2.05) is 69.3 Å². The fourth-order valence-electron chi connectivity index (χ4n) is 4.88. The Hall–Kier alpha value is -4.06. The van der Waals surface area contributed by atoms with Crippen LogP contribution < -0.4 is 9.47 Å². The van der Waals surface area contributed by atoms with Crippen LogP contribution in [-0.4, -0.2) is 34.9 Å². The van der Waals surface area contributed by atoms with Crippen LogP contribution in [0.15, 0.2) is 72.3 Å². The van der Waals surface area contributed by atoms with E-state index in [1.54, 1.807) is 18.2 Å². The highest BCUT2D eigenvalue weighted by Crippen LogP contribution is 2.41. The summed E-state index contributed by atoms with van der Waals surface area (Å²) in [7, 11) is 0. The van der Waals surface area contributed by atoms with E-state index < -0.39 is 17.7 Å². The minimum atomic E-state index is -0.738. The molecule has 6 nitrogen and oxygen atoms in total. The van der Waals surface area contributed by atoms with Gasteiger partial charge in [-0.2, -0.15) is 0 Å². The molecule has 6 heteroatoms. The van der Waals surface area contributed by atoms with Crippen molar-refractivity contribution in [1.29, 1.82) is 0 Å². The minimum absolute atomic E-state index is 0.0531. The molecule has 0 aliphatic carbocycles. The van der Waals surface area contributed by atoms with E-state index in [-0.39, 0.29) is 23.3 Å². The summed E-state index contributed by atoms with van der Waals surface area (Å²) in [4.78, 5) is 28.4. The van der Waals surface area contributed by atoms with Crippen molar-refractivity contribution in [3.63, 3.8) is 0 Å². The second-order valence-corrected chi connectivity index (χ2v) is 10.8. The number of amides is 1. The molecular weight excluding hydrogens is 490 g/mol. The third-order valence-electron chi connectivity index (χ3n) is 6.97. The van der Waals surface area contributed by atoms with Gasteiger partial charge >= 0.3 is 0 Å². The fourth-order valence-corrected chi connectivity index (χ4v) is 4.88. The Labute approximate surface area is 230 Å². The molecule has 0 radical (unpaired) electrons. The number of hydrogen-bond donors (Lipinski definition) is 1. The molecule has 0 aromatic heterocycles. The zero-order valence-electron chi connectivity index (χ0n) is 23.6. The number of carbonyl (C=O) groups is 2. The standard InChI is InChI=1S/C33H37NO5/c1-7-38-26-16-9-22(10-17-26)20-34-29(23-11-14-25(15-12-23)33(4,5)6)28(31(36)32(34)37)30(35)24-13-18-27(39-8-2)21(3)19-24/h9-19,29,35H,7-8,20H2,1-6H3/b30-28-. The number of ketones is 1. The predicted molar refractivity (Wildman–Crippen MR) is 153 cm³/mol. The third kappa shape index (κ3) is 5.85. The van der Waals surface area contributed by atoms with Crippen molar-refractivity contribution in [2.75, 3.05) is 13.2 Å². The van der Waals surface area contributed by atoms with E-state index >= 15 is 0 Å². The van der Waals surface area contributed by atoms with Crippen LogP contribution in [0.25, 0.3) is 5.76 Å². The molecule has 1 N–H and O–H groups in total. The van der Waals surface area contributed by atoms with Crippen LogP contribution in [0.4, 0.5) is 0 Å². The van der Waals surface area contributed by atoms with E-state index in [2.05, 4.69) is 20.8 Å². The van der Waals surface area contributed by atoms with Crippen LogP contribution in [0, 0.1) is 6.92 Å². The molecular formula is C33H37NO5. The summed E-state index contributed by atoms with van der Waals surface area (Å²) < 4.78 is 11.2. The normalized spacial score (nSPS) is 17.0. The number of rotatable bonds is 8. The highest BCUT2D eigenvalue weighted by molar-refractivity contribution is 6.46. The van der Waals surface area contributed by atoms with Gasteiger partial charge in [-0.25, -0.2) is 0 Å². The van der Waals surface area contributed by atoms with Crippen LogP contribution in [-0.2, 0) is 21.5 Å². The number of carbonyl (C=O) groups excluding carboxylic acids is 2. The Morgan fingerprint density at radius 3 is 2.10 bits per heavy atom. The monoisotopic (exact) mass is 527 g/mol. The first-order chi connectivity index (χ1) is 18.5. The molecule has 39 heavy (non-hydrogen) atoms. The minimum Gasteiger partial charge on any atom is -0.507 e. The van der Waals surface area contributed by atoms with Gasteiger partial charge in [-0.1, -0.05) is 57.2 Å². The van der Waals surface area contributed by atoms with Gasteiger partial charge in [0.25, 0.3) is 11.7 Å². The molecule has 1 atom stereocenters. The number of likely N-dealkylation sites (tertiary alicyclic amines) is 1. The lowest BCUT2D eigenvalue weighted by atomic mass is 9.85. The van der Waals surface area contributed by atoms with E-state index in [0.29, 0.717) is 24.5 Å². The van der Waals surface area contributed by atoms with Crippen molar-refractivity contribution in [3.05, 3.63) is 100 Å². The number of Topliss-reactive ketones (excluding diaryl/α,β-unsaturated/α-hetero) is 1. The molecule has 1 fully saturated rings. The molecule has 1 amide bonds. The number of benzene rings is 3. The Balaban J connectivity index is 1.81. The number of aryl methyl sites for hydroxylation is 1. The molecule has 3 aromatic carbocycles. The van der Waals surface area contributed by atoms with Gasteiger partial charge < -0.3 is 19.5 Å². The lowest BCUT2D eigenvalue weighted by Gasteiger charge is -2.27. The Morgan fingerprint density at radius 2 is 1.54 bits per heavy atom. The van der Waals surface area contributed by atoms with E-state index in [4.69, 9.17) is 9.47 Å². The van der Waals surface area contributed by atoms with Crippen LogP contribution in [0.5, 0.6) is 11.5 Å². The van der Waals surface area contributed by atoms with Crippen molar-refractivity contribution in [3.8, 4) is 11.5 Å². The van der Waals surface area contributed by atoms with Crippen LogP contribution in [0.3, 0.4) is 0 Å². The van der Waals surface area contributed by atoms with E-state index in [9.17, 15) is 14.7 Å². The van der Waals surface area contributed by atoms with Gasteiger partial charge in [-0.3, -0.25) is 9.59 Å². The molecule has 1 unspecified atom stereocenters. The summed E-state index contributed by atoms with van der Waals surface area (Å²) >= 11 is 0. The summed E-state index contributed by atoms with van der Waals surface area (Å²) in [5, 5.41) is 11.5.